The zero-order chi connectivity index (χ0) is 97.6. The fourth-order valence-electron chi connectivity index (χ4n) is 16.9. The number of carbonyl (C=O) groups excluding carboxylic acids is 5. The van der Waals surface area contributed by atoms with Gasteiger partial charge in [-0.3, -0.25) is 24.0 Å². The fraction of sp³-hybridized carbons (Fsp3) is 0.918. The first-order valence-electron chi connectivity index (χ1n) is 41.8. The highest BCUT2D eigenvalue weighted by Crippen LogP contribution is 2.42. The number of carboxylic acids is 1. The molecule has 10 heterocycles. The number of aliphatic carboxylic acids is 1. The van der Waals surface area contributed by atoms with Gasteiger partial charge in [-0.2, -0.15) is 0 Å². The number of hydrogen-bond donors (Lipinski definition) is 34. The lowest BCUT2D eigenvalue weighted by atomic mass is 9.88. The molecular formula is C73H121N5O54. The van der Waals surface area contributed by atoms with Gasteiger partial charge in [0.2, 0.25) is 29.5 Å². The van der Waals surface area contributed by atoms with E-state index in [9.17, 15) is 177 Å². The summed E-state index contributed by atoms with van der Waals surface area (Å²) >= 11 is 0. The van der Waals surface area contributed by atoms with Gasteiger partial charge in [0.1, 0.15) is 238 Å². The SMILES string of the molecule is CC(=O)N[C@@H]1[C@@H](O)[C@H](O[C@@H]2O[C@H](CO)[C@@H](O[C@@H]3O[C@H](CO[C@H]4O[C@H](CO)[C@@H](O)[C@H](O)[C@@H]4O[C@@H]4O[C@H](CO)[C@@H](O[C@H]5O[C@H](CO[C@]6(C(=O)O)C[C@H](O)[C@@H](NC(C)=O)[C@H]([C@H](O)[C@H](O)CO)O6)[C@H](O)[C@H](O)[C@H]5O)[C@H](O)[C@H]4NC(C)=O)[C@@H](O)[C@H](O[C@H]4O[C@H](CO)[C@@H](O)[C@H](O)[C@@H]4O[C@@H]4O[C@H](CO)[C@@H](O[C@H]5O[C@H](CO)[C@H](O)[C@H](O)[C@H]5O)[C@H](O)[C@H]4NC(C)=O)[C@@H]3O)[C@H](O)[C@H]2NC(C)=O)[C@@H](CO)O[C@H]1O. The molecule has 51 atom stereocenters. The second-order valence-corrected chi connectivity index (χ2v) is 33.2. The molecule has 59 nitrogen and oxygen atoms in total. The van der Waals surface area contributed by atoms with Crippen LogP contribution in [-0.4, -0.2) is 562 Å². The lowest BCUT2D eigenvalue weighted by Crippen LogP contribution is -2.71. The van der Waals surface area contributed by atoms with Gasteiger partial charge in [0.05, 0.1) is 78.2 Å². The Morgan fingerprint density at radius 2 is 0.614 bits per heavy atom. The molecule has 10 saturated heterocycles. The van der Waals surface area contributed by atoms with Gasteiger partial charge in [0.15, 0.2) is 56.6 Å². The van der Waals surface area contributed by atoms with E-state index < -0.39 is 420 Å². The first-order valence-corrected chi connectivity index (χ1v) is 41.8. The summed E-state index contributed by atoms with van der Waals surface area (Å²) < 4.78 is 113. The van der Waals surface area contributed by atoms with E-state index in [0.29, 0.717) is 0 Å². The molecule has 0 unspecified atom stereocenters. The number of hydrogen-bond acceptors (Lipinski definition) is 53. The lowest BCUT2D eigenvalue weighted by Gasteiger charge is -2.51. The number of carboxylic acid groups (broad SMARTS) is 1. The molecule has 0 aromatic carbocycles. The maximum atomic E-state index is 13.2. The molecule has 5 amide bonds. The van der Waals surface area contributed by atoms with Crippen molar-refractivity contribution in [3.63, 3.8) is 0 Å². The number of carbonyl (C=O) groups is 6. The predicted octanol–water partition coefficient (Wildman–Crippen LogP) is -22.9. The minimum atomic E-state index is -3.10. The smallest absolute Gasteiger partial charge is 0.364 e. The Morgan fingerprint density at radius 1 is 0.311 bits per heavy atom. The molecule has 10 fully saturated rings. The first kappa shape index (κ1) is 109. The lowest BCUT2D eigenvalue weighted by molar-refractivity contribution is -0.399. The van der Waals surface area contributed by atoms with Gasteiger partial charge in [-0.15, -0.1) is 0 Å². The van der Waals surface area contributed by atoms with Gasteiger partial charge in [-0.25, -0.2) is 4.79 Å². The third-order valence-electron chi connectivity index (χ3n) is 23.8. The molecule has 0 aromatic heterocycles. The van der Waals surface area contributed by atoms with Crippen molar-refractivity contribution in [2.24, 2.45) is 0 Å². The Kier molecular flexibility index (Phi) is 39.0. The normalized spacial score (nSPS) is 47.2. The van der Waals surface area contributed by atoms with E-state index in [2.05, 4.69) is 26.6 Å². The van der Waals surface area contributed by atoms with Crippen LogP contribution >= 0.6 is 0 Å². The fourth-order valence-corrected chi connectivity index (χ4v) is 16.9. The van der Waals surface area contributed by atoms with Crippen molar-refractivity contribution < 1.29 is 267 Å². The number of aliphatic hydroxyl groups is 28. The van der Waals surface area contributed by atoms with Gasteiger partial charge < -0.3 is 265 Å². The summed E-state index contributed by atoms with van der Waals surface area (Å²) in [5.41, 5.74) is 0. The maximum Gasteiger partial charge on any atom is 0.364 e. The van der Waals surface area contributed by atoms with E-state index in [-0.39, 0.29) is 0 Å². The van der Waals surface area contributed by atoms with Gasteiger partial charge in [0.25, 0.3) is 5.79 Å². The molecule has 0 radical (unpaired) electrons. The van der Waals surface area contributed by atoms with Crippen LogP contribution in [-0.2, 0) is 119 Å². The zero-order valence-electron chi connectivity index (χ0n) is 70.8. The number of nitrogens with one attached hydrogen (secondary N) is 5. The Hall–Kier alpha value is -5.06. The van der Waals surface area contributed by atoms with Crippen molar-refractivity contribution in [1.82, 2.24) is 26.6 Å². The van der Waals surface area contributed by atoms with Crippen molar-refractivity contribution in [2.75, 3.05) is 66.1 Å². The topological polar surface area (TPSA) is 925 Å². The monoisotopic (exact) mass is 1930 g/mol. The van der Waals surface area contributed by atoms with E-state index in [1.807, 2.05) is 0 Å². The van der Waals surface area contributed by atoms with Crippen LogP contribution in [0.4, 0.5) is 0 Å². The molecule has 132 heavy (non-hydrogen) atoms. The Bertz CT molecular complexity index is 3680. The molecule has 10 aliphatic rings. The van der Waals surface area contributed by atoms with Gasteiger partial charge >= 0.3 is 5.97 Å². The summed E-state index contributed by atoms with van der Waals surface area (Å²) in [6, 6.07) is -9.42. The molecule has 10 rings (SSSR count). The first-order chi connectivity index (χ1) is 62.3. The average molecular weight is 1930 g/mol. The number of aliphatic hydroxyl groups excluding tert-OH is 28. The van der Waals surface area contributed by atoms with Gasteiger partial charge in [-0.05, 0) is 0 Å². The van der Waals surface area contributed by atoms with Crippen molar-refractivity contribution in [3.8, 4) is 0 Å². The van der Waals surface area contributed by atoms with E-state index in [0.717, 1.165) is 34.6 Å². The van der Waals surface area contributed by atoms with Crippen LogP contribution < -0.4 is 26.6 Å². The zero-order valence-corrected chi connectivity index (χ0v) is 70.8. The molecule has 0 bridgehead atoms. The number of rotatable bonds is 36. The highest BCUT2D eigenvalue weighted by molar-refractivity contribution is 5.77. The van der Waals surface area contributed by atoms with Gasteiger partial charge in [-0.1, -0.05) is 0 Å². The highest BCUT2D eigenvalue weighted by Gasteiger charge is 2.63. The Labute approximate surface area is 746 Å². The van der Waals surface area contributed by atoms with Crippen LogP contribution in [0, 0.1) is 0 Å². The summed E-state index contributed by atoms with van der Waals surface area (Å²) in [6.45, 7) is -7.14. The second kappa shape index (κ2) is 47.3. The summed E-state index contributed by atoms with van der Waals surface area (Å²) in [5.74, 6) is -9.82. The number of amides is 5. The summed E-state index contributed by atoms with van der Waals surface area (Å²) in [6.07, 6.45) is -99.2. The average Bonchev–Trinajstić information content (AvgIpc) is 0.766. The van der Waals surface area contributed by atoms with E-state index in [1.54, 1.807) is 0 Å². The van der Waals surface area contributed by atoms with Crippen molar-refractivity contribution in [2.45, 2.75) is 353 Å². The third kappa shape index (κ3) is 24.1. The van der Waals surface area contributed by atoms with Crippen LogP contribution in [0.5, 0.6) is 0 Å². The minimum absolute atomic E-state index is 0.814. The van der Waals surface area contributed by atoms with Crippen LogP contribution in [0.3, 0.4) is 0 Å². The quantitative estimate of drug-likeness (QED) is 0.0277. The highest BCUT2D eigenvalue weighted by atomic mass is 16.8. The summed E-state index contributed by atoms with van der Waals surface area (Å²) in [4.78, 5) is 76.7. The molecule has 0 saturated carbocycles. The molecule has 10 aliphatic heterocycles. The molecule has 0 aromatic rings. The van der Waals surface area contributed by atoms with E-state index >= 15 is 0 Å². The van der Waals surface area contributed by atoms with Crippen molar-refractivity contribution in [3.05, 3.63) is 0 Å². The second-order valence-electron chi connectivity index (χ2n) is 33.2. The van der Waals surface area contributed by atoms with Crippen LogP contribution in [0.15, 0.2) is 0 Å². The van der Waals surface area contributed by atoms with Crippen LogP contribution in [0.1, 0.15) is 41.0 Å². The van der Waals surface area contributed by atoms with Gasteiger partial charge in [0, 0.05) is 41.0 Å². The van der Waals surface area contributed by atoms with Crippen molar-refractivity contribution >= 4 is 35.5 Å². The molecule has 59 heteroatoms. The molecule has 0 aliphatic carbocycles. The molecular weight excluding hydrogens is 1810 g/mol. The van der Waals surface area contributed by atoms with Crippen LogP contribution in [0.2, 0.25) is 0 Å². The predicted molar refractivity (Wildman–Crippen MR) is 405 cm³/mol. The third-order valence-corrected chi connectivity index (χ3v) is 23.8. The Balaban J connectivity index is 0.953. The maximum absolute atomic E-state index is 13.2. The van der Waals surface area contributed by atoms with Crippen molar-refractivity contribution in [1.29, 1.82) is 0 Å². The summed E-state index contributed by atoms with van der Waals surface area (Å²) in [5, 5.41) is 336. The molecule has 762 valence electrons. The van der Waals surface area contributed by atoms with E-state index in [4.69, 9.17) is 90.0 Å². The summed E-state index contributed by atoms with van der Waals surface area (Å²) in [7, 11) is 0. The molecule has 34 N–H and O–H groups in total. The largest absolute Gasteiger partial charge is 0.477 e. The molecule has 0 spiro atoms. The minimum Gasteiger partial charge on any atom is -0.477 e. The number of ether oxygens (including phenoxy) is 19. The van der Waals surface area contributed by atoms with E-state index in [1.165, 1.54) is 0 Å². The Morgan fingerprint density at radius 3 is 1.01 bits per heavy atom. The standard InChI is InChI=1S/C73H121N5O54/c1-17(87)74-33-22(92)6-73(72(112)113,132-59(33)38(94)23(93)7-79)115-16-32-42(98)49(105)53(109)68(124-32)127-57-29(13-85)121-65(36(46(57)102)77-20(4)90)130-61-50(106)40(96)25(9-81)118-70(61)114-15-31-43(99)60(54(110)69(123-31)128-58-30(14-86)120-64(35(45(58)101)76-19(3)89)125-55-27(11-83)116-63(111)34(44(55)100)75-18(2)88)129-71-62(51(107)41(97)26(10-82)119-71)131-66-37(78-21(5)91)47(103)56(28(12-84)122-66)126-67-52(108)48(104)39(95)24(8-80)117-67/h22-71,79-86,92-111H,6-16H2,1-5H3,(H,74,87)(H,75,88)(H,76,89)(H,77,90)(H,78,91)(H,112,113)/t22-,23+,24+,25+,26+,27+,28+,29+,30+,31+,32+,33+,34+,35+,36+,37+,38+,39-,40+,41+,42-,43+,44+,45+,46+,47+,48-,49-,50-,51-,52+,53+,54-,55+,56+,57+,58+,59+,60-,61-,62-,63+,64-,65-,66-,67+,68+,69-,70-,71+,73+/m0/s1. The van der Waals surface area contributed by atoms with Crippen LogP contribution in [0.25, 0.3) is 0 Å².